The van der Waals surface area contributed by atoms with Crippen molar-refractivity contribution in [2.24, 2.45) is 0 Å². The van der Waals surface area contributed by atoms with Gasteiger partial charge in [-0.2, -0.15) is 5.10 Å². The van der Waals surface area contributed by atoms with Gasteiger partial charge in [0.2, 0.25) is 0 Å². The molecule has 3 aromatic heterocycles. The average molecular weight is 349 g/mol. The zero-order valence-electron chi connectivity index (χ0n) is 15.6. The highest BCUT2D eigenvalue weighted by Gasteiger charge is 2.32. The van der Waals surface area contributed by atoms with Crippen molar-refractivity contribution < 1.29 is 0 Å². The number of anilines is 2. The van der Waals surface area contributed by atoms with Crippen LogP contribution in [0.15, 0.2) is 36.8 Å². The first-order chi connectivity index (χ1) is 12.4. The molecular weight excluding hydrogens is 326 g/mol. The highest BCUT2D eigenvalue weighted by molar-refractivity contribution is 5.86. The maximum atomic E-state index is 4.47. The Morgan fingerprint density at radius 3 is 2.54 bits per heavy atom. The van der Waals surface area contributed by atoms with Gasteiger partial charge >= 0.3 is 0 Å². The molecule has 4 rings (SSSR count). The zero-order chi connectivity index (χ0) is 18.3. The van der Waals surface area contributed by atoms with Crippen LogP contribution in [0.3, 0.4) is 0 Å². The van der Waals surface area contributed by atoms with E-state index in [1.165, 1.54) is 0 Å². The molecule has 1 saturated heterocycles. The molecule has 26 heavy (non-hydrogen) atoms. The lowest BCUT2D eigenvalue weighted by molar-refractivity contribution is 0.486. The summed E-state index contributed by atoms with van der Waals surface area (Å²) in [6.45, 7) is 8.22. The van der Waals surface area contributed by atoms with Crippen molar-refractivity contribution in [3.05, 3.63) is 42.5 Å². The fourth-order valence-corrected chi connectivity index (χ4v) is 3.12. The SMILES string of the molecule is CN(c1ncnc2ncccc12)C1CN(c2ccc(C(C)(C)C)nn2)C1. The van der Waals surface area contributed by atoms with Crippen molar-refractivity contribution in [1.82, 2.24) is 25.1 Å². The lowest BCUT2D eigenvalue weighted by Gasteiger charge is -2.45. The highest BCUT2D eigenvalue weighted by atomic mass is 15.4. The molecule has 4 heterocycles. The van der Waals surface area contributed by atoms with E-state index in [-0.39, 0.29) is 5.41 Å². The summed E-state index contributed by atoms with van der Waals surface area (Å²) in [5.74, 6) is 1.85. The fourth-order valence-electron chi connectivity index (χ4n) is 3.12. The fraction of sp³-hybridized carbons (Fsp3) is 0.421. The number of rotatable bonds is 3. The van der Waals surface area contributed by atoms with E-state index in [0.29, 0.717) is 6.04 Å². The molecule has 0 aliphatic carbocycles. The average Bonchev–Trinajstić information content (AvgIpc) is 2.59. The Morgan fingerprint density at radius 1 is 1.04 bits per heavy atom. The van der Waals surface area contributed by atoms with Crippen molar-refractivity contribution in [1.29, 1.82) is 0 Å². The minimum Gasteiger partial charge on any atom is -0.352 e. The first-order valence-corrected chi connectivity index (χ1v) is 8.81. The Morgan fingerprint density at radius 2 is 1.85 bits per heavy atom. The summed E-state index contributed by atoms with van der Waals surface area (Å²) < 4.78 is 0. The van der Waals surface area contributed by atoms with Crippen molar-refractivity contribution >= 4 is 22.7 Å². The van der Waals surface area contributed by atoms with Crippen molar-refractivity contribution in [3.8, 4) is 0 Å². The Kier molecular flexibility index (Phi) is 3.94. The lowest BCUT2D eigenvalue weighted by Crippen LogP contribution is -2.59. The van der Waals surface area contributed by atoms with Gasteiger partial charge in [0.1, 0.15) is 12.1 Å². The summed E-state index contributed by atoms with van der Waals surface area (Å²) in [6, 6.07) is 8.44. The topological polar surface area (TPSA) is 70.9 Å². The first-order valence-electron chi connectivity index (χ1n) is 8.81. The molecule has 0 bridgehead atoms. The third kappa shape index (κ3) is 2.94. The van der Waals surface area contributed by atoms with Crippen LogP contribution in [0.5, 0.6) is 0 Å². The molecule has 0 saturated carbocycles. The molecule has 0 unspecified atom stereocenters. The number of hydrogen-bond donors (Lipinski definition) is 0. The summed E-state index contributed by atoms with van der Waals surface area (Å²) in [5, 5.41) is 9.77. The predicted octanol–water partition coefficient (Wildman–Crippen LogP) is 2.44. The second-order valence-electron chi connectivity index (χ2n) is 7.77. The van der Waals surface area contributed by atoms with Crippen LogP contribution in [-0.4, -0.2) is 51.3 Å². The van der Waals surface area contributed by atoms with Gasteiger partial charge in [-0.3, -0.25) is 0 Å². The summed E-state index contributed by atoms with van der Waals surface area (Å²) in [7, 11) is 2.07. The van der Waals surface area contributed by atoms with E-state index in [9.17, 15) is 0 Å². The Balaban J connectivity index is 1.47. The molecule has 3 aromatic rings. The van der Waals surface area contributed by atoms with Gasteiger partial charge in [-0.05, 0) is 24.3 Å². The van der Waals surface area contributed by atoms with Gasteiger partial charge in [-0.25, -0.2) is 15.0 Å². The smallest absolute Gasteiger partial charge is 0.164 e. The maximum absolute atomic E-state index is 4.47. The minimum absolute atomic E-state index is 0.0192. The van der Waals surface area contributed by atoms with E-state index in [2.05, 4.69) is 74.9 Å². The zero-order valence-corrected chi connectivity index (χ0v) is 15.6. The third-order valence-corrected chi connectivity index (χ3v) is 4.87. The summed E-state index contributed by atoms with van der Waals surface area (Å²) >= 11 is 0. The second-order valence-corrected chi connectivity index (χ2v) is 7.77. The Bertz CT molecular complexity index is 906. The molecule has 0 amide bonds. The number of pyridine rings is 1. The molecular formula is C19H23N7. The van der Waals surface area contributed by atoms with Crippen molar-refractivity contribution in [2.45, 2.75) is 32.2 Å². The standard InChI is InChI=1S/C19H23N7/c1-19(2,3)15-7-8-16(24-23-15)26-10-13(11-26)25(4)18-14-6-5-9-20-17(14)21-12-22-18/h5-9,12-13H,10-11H2,1-4H3. The Labute approximate surface area is 153 Å². The Hall–Kier alpha value is -2.83. The molecule has 0 spiro atoms. The summed E-state index contributed by atoms with van der Waals surface area (Å²) in [4.78, 5) is 17.5. The van der Waals surface area contributed by atoms with E-state index in [1.807, 2.05) is 12.1 Å². The molecule has 7 nitrogen and oxygen atoms in total. The van der Waals surface area contributed by atoms with Gasteiger partial charge in [0, 0.05) is 31.7 Å². The third-order valence-electron chi connectivity index (χ3n) is 4.87. The van der Waals surface area contributed by atoms with E-state index in [4.69, 9.17) is 0 Å². The number of nitrogens with zero attached hydrogens (tertiary/aromatic N) is 7. The summed E-state index contributed by atoms with van der Waals surface area (Å²) in [6.07, 6.45) is 3.33. The van der Waals surface area contributed by atoms with E-state index >= 15 is 0 Å². The van der Waals surface area contributed by atoms with Crippen LogP contribution in [0.2, 0.25) is 0 Å². The number of likely N-dealkylation sites (N-methyl/N-ethyl adjacent to an activating group) is 1. The van der Waals surface area contributed by atoms with E-state index < -0.39 is 0 Å². The molecule has 0 aromatic carbocycles. The first kappa shape index (κ1) is 16.6. The van der Waals surface area contributed by atoms with Crippen LogP contribution in [0.1, 0.15) is 26.5 Å². The van der Waals surface area contributed by atoms with E-state index in [0.717, 1.165) is 41.5 Å². The van der Waals surface area contributed by atoms with Crippen molar-refractivity contribution in [3.63, 3.8) is 0 Å². The molecule has 1 fully saturated rings. The molecule has 0 radical (unpaired) electrons. The van der Waals surface area contributed by atoms with Gasteiger partial charge in [-0.1, -0.05) is 20.8 Å². The van der Waals surface area contributed by atoms with Crippen LogP contribution in [-0.2, 0) is 5.41 Å². The van der Waals surface area contributed by atoms with Gasteiger partial charge < -0.3 is 9.80 Å². The van der Waals surface area contributed by atoms with Crippen LogP contribution in [0, 0.1) is 0 Å². The van der Waals surface area contributed by atoms with Gasteiger partial charge in [0.05, 0.1) is 17.1 Å². The monoisotopic (exact) mass is 349 g/mol. The van der Waals surface area contributed by atoms with Gasteiger partial charge in [0.15, 0.2) is 11.5 Å². The molecule has 0 N–H and O–H groups in total. The van der Waals surface area contributed by atoms with E-state index in [1.54, 1.807) is 12.5 Å². The van der Waals surface area contributed by atoms with Crippen molar-refractivity contribution in [2.75, 3.05) is 29.9 Å². The number of hydrogen-bond acceptors (Lipinski definition) is 7. The molecule has 1 aliphatic rings. The number of aromatic nitrogens is 5. The number of fused-ring (bicyclic) bond motifs is 1. The largest absolute Gasteiger partial charge is 0.352 e. The summed E-state index contributed by atoms with van der Waals surface area (Å²) in [5.41, 5.74) is 1.75. The van der Waals surface area contributed by atoms with Crippen LogP contribution < -0.4 is 9.80 Å². The van der Waals surface area contributed by atoms with Gasteiger partial charge in [0.25, 0.3) is 0 Å². The lowest BCUT2D eigenvalue weighted by atomic mass is 9.92. The van der Waals surface area contributed by atoms with Gasteiger partial charge in [-0.15, -0.1) is 5.10 Å². The minimum atomic E-state index is 0.0192. The molecule has 1 aliphatic heterocycles. The highest BCUT2D eigenvalue weighted by Crippen LogP contribution is 2.28. The quantitative estimate of drug-likeness (QED) is 0.719. The molecule has 0 atom stereocenters. The van der Waals surface area contributed by atoms with Crippen LogP contribution >= 0.6 is 0 Å². The second kappa shape index (κ2) is 6.16. The van der Waals surface area contributed by atoms with Crippen LogP contribution in [0.25, 0.3) is 11.0 Å². The normalized spacial score (nSPS) is 15.2. The maximum Gasteiger partial charge on any atom is 0.164 e. The predicted molar refractivity (Wildman–Crippen MR) is 102 cm³/mol. The molecule has 134 valence electrons. The molecule has 7 heteroatoms. The van der Waals surface area contributed by atoms with Crippen LogP contribution in [0.4, 0.5) is 11.6 Å².